The van der Waals surface area contributed by atoms with E-state index in [4.69, 9.17) is 0 Å². The van der Waals surface area contributed by atoms with E-state index >= 15 is 0 Å². The summed E-state index contributed by atoms with van der Waals surface area (Å²) in [6.07, 6.45) is 4.85. The molecule has 0 amide bonds. The third-order valence-corrected chi connectivity index (χ3v) is 1.99. The Hall–Kier alpha value is -1.51. The molecule has 1 rings (SSSR count). The molecule has 0 aliphatic carbocycles. The van der Waals surface area contributed by atoms with Crippen LogP contribution in [0.3, 0.4) is 0 Å². The van der Waals surface area contributed by atoms with Crippen LogP contribution in [0.5, 0.6) is 0 Å². The summed E-state index contributed by atoms with van der Waals surface area (Å²) in [6, 6.07) is 1.20. The predicted molar refractivity (Wildman–Crippen MR) is 52.6 cm³/mol. The van der Waals surface area contributed by atoms with E-state index in [2.05, 4.69) is 4.98 Å². The average molecular weight is 193 g/mol. The monoisotopic (exact) mass is 193 g/mol. The Morgan fingerprint density at radius 3 is 2.79 bits per heavy atom. The molecule has 2 nitrogen and oxygen atoms in total. The molecular formula is C11H12FNO. The molecule has 0 aliphatic rings. The third kappa shape index (κ3) is 2.25. The van der Waals surface area contributed by atoms with Gasteiger partial charge in [0.25, 0.3) is 0 Å². The van der Waals surface area contributed by atoms with Gasteiger partial charge in [-0.2, -0.15) is 0 Å². The van der Waals surface area contributed by atoms with E-state index in [0.29, 0.717) is 17.6 Å². The topological polar surface area (TPSA) is 30.0 Å². The minimum Gasteiger partial charge on any atom is -0.289 e. The molecule has 0 atom stereocenters. The molecule has 0 saturated heterocycles. The van der Waals surface area contributed by atoms with Crippen molar-refractivity contribution in [1.29, 1.82) is 0 Å². The fourth-order valence-corrected chi connectivity index (χ4v) is 1.22. The number of carbonyl (C=O) groups excluding carboxylic acids is 1. The van der Waals surface area contributed by atoms with Crippen molar-refractivity contribution in [3.63, 3.8) is 0 Å². The Morgan fingerprint density at radius 1 is 1.57 bits per heavy atom. The number of ketones is 1. The highest BCUT2D eigenvalue weighted by molar-refractivity contribution is 6.08. The van der Waals surface area contributed by atoms with E-state index in [0.717, 1.165) is 6.20 Å². The van der Waals surface area contributed by atoms with E-state index in [1.165, 1.54) is 12.3 Å². The first kappa shape index (κ1) is 10.6. The SMILES string of the molecule is C/C=C(/CC)C(=O)c1cncc(F)c1. The van der Waals surface area contributed by atoms with E-state index < -0.39 is 5.82 Å². The van der Waals surface area contributed by atoms with Crippen molar-refractivity contribution in [3.8, 4) is 0 Å². The minimum absolute atomic E-state index is 0.151. The Balaban J connectivity index is 3.00. The standard InChI is InChI=1S/C11H12FNO/c1-3-8(4-2)11(14)9-5-10(12)7-13-6-9/h3,5-7H,4H2,1-2H3/b8-3-. The van der Waals surface area contributed by atoms with Gasteiger partial charge in [-0.1, -0.05) is 13.0 Å². The number of pyridine rings is 1. The lowest BCUT2D eigenvalue weighted by Crippen LogP contribution is -2.03. The second-order valence-electron chi connectivity index (χ2n) is 2.89. The van der Waals surface area contributed by atoms with Crippen molar-refractivity contribution in [2.24, 2.45) is 0 Å². The predicted octanol–water partition coefficient (Wildman–Crippen LogP) is 2.76. The van der Waals surface area contributed by atoms with Crippen LogP contribution in [0, 0.1) is 5.82 Å². The molecule has 1 aromatic heterocycles. The van der Waals surface area contributed by atoms with Gasteiger partial charge in [0, 0.05) is 11.8 Å². The molecule has 0 radical (unpaired) electrons. The summed E-state index contributed by atoms with van der Waals surface area (Å²) in [5.41, 5.74) is 0.984. The van der Waals surface area contributed by atoms with Crippen LogP contribution in [0.15, 0.2) is 30.1 Å². The summed E-state index contributed by atoms with van der Waals surface area (Å²) in [5.74, 6) is -0.635. The molecule has 0 aromatic carbocycles. The number of allylic oxidation sites excluding steroid dienone is 2. The lowest BCUT2D eigenvalue weighted by Gasteiger charge is -2.02. The number of carbonyl (C=O) groups is 1. The van der Waals surface area contributed by atoms with Crippen LogP contribution in [-0.4, -0.2) is 10.8 Å². The van der Waals surface area contributed by atoms with Crippen LogP contribution in [0.4, 0.5) is 4.39 Å². The van der Waals surface area contributed by atoms with Gasteiger partial charge in [0.05, 0.1) is 6.20 Å². The van der Waals surface area contributed by atoms with Gasteiger partial charge >= 0.3 is 0 Å². The van der Waals surface area contributed by atoms with Crippen molar-refractivity contribution in [2.45, 2.75) is 20.3 Å². The Bertz CT molecular complexity index is 371. The highest BCUT2D eigenvalue weighted by Gasteiger charge is 2.10. The fraction of sp³-hybridized carbons (Fsp3) is 0.273. The molecule has 14 heavy (non-hydrogen) atoms. The van der Waals surface area contributed by atoms with Crippen LogP contribution in [0.2, 0.25) is 0 Å². The highest BCUT2D eigenvalue weighted by atomic mass is 19.1. The summed E-state index contributed by atoms with van der Waals surface area (Å²) in [4.78, 5) is 15.3. The van der Waals surface area contributed by atoms with Crippen LogP contribution >= 0.6 is 0 Å². The lowest BCUT2D eigenvalue weighted by molar-refractivity contribution is 0.103. The number of nitrogens with zero attached hydrogens (tertiary/aromatic N) is 1. The van der Waals surface area contributed by atoms with Crippen LogP contribution < -0.4 is 0 Å². The molecule has 1 aromatic rings. The summed E-state index contributed by atoms with van der Waals surface area (Å²) in [7, 11) is 0. The van der Waals surface area contributed by atoms with Gasteiger partial charge in [-0.05, 0) is 25.0 Å². The highest BCUT2D eigenvalue weighted by Crippen LogP contribution is 2.11. The molecule has 0 spiro atoms. The maximum Gasteiger partial charge on any atom is 0.190 e. The Kier molecular flexibility index (Phi) is 3.51. The number of hydrogen-bond acceptors (Lipinski definition) is 2. The van der Waals surface area contributed by atoms with Crippen LogP contribution in [-0.2, 0) is 0 Å². The maximum absolute atomic E-state index is 12.8. The smallest absolute Gasteiger partial charge is 0.190 e. The number of aromatic nitrogens is 1. The van der Waals surface area contributed by atoms with Gasteiger partial charge in [-0.25, -0.2) is 4.39 Å². The molecule has 74 valence electrons. The van der Waals surface area contributed by atoms with Crippen molar-refractivity contribution in [1.82, 2.24) is 4.98 Å². The zero-order chi connectivity index (χ0) is 10.6. The fourth-order valence-electron chi connectivity index (χ4n) is 1.22. The van der Waals surface area contributed by atoms with Gasteiger partial charge in [0.2, 0.25) is 0 Å². The molecular weight excluding hydrogens is 181 g/mol. The molecule has 0 aliphatic heterocycles. The summed E-state index contributed by atoms with van der Waals surface area (Å²) in [5, 5.41) is 0. The molecule has 1 heterocycles. The molecule has 0 N–H and O–H groups in total. The lowest BCUT2D eigenvalue weighted by atomic mass is 10.0. The third-order valence-electron chi connectivity index (χ3n) is 1.99. The number of halogens is 1. The van der Waals surface area contributed by atoms with Gasteiger partial charge in [0.1, 0.15) is 5.82 Å². The van der Waals surface area contributed by atoms with Crippen molar-refractivity contribution >= 4 is 5.78 Å². The Labute approximate surface area is 82.5 Å². The summed E-state index contributed by atoms with van der Waals surface area (Å²) >= 11 is 0. The van der Waals surface area contributed by atoms with E-state index in [1.807, 2.05) is 6.92 Å². The molecule has 0 saturated carbocycles. The largest absolute Gasteiger partial charge is 0.289 e. The number of hydrogen-bond donors (Lipinski definition) is 0. The van der Waals surface area contributed by atoms with E-state index in [-0.39, 0.29) is 5.78 Å². The number of rotatable bonds is 3. The quantitative estimate of drug-likeness (QED) is 0.545. The zero-order valence-electron chi connectivity index (χ0n) is 8.25. The molecule has 0 unspecified atom stereocenters. The normalized spacial score (nSPS) is 11.5. The van der Waals surface area contributed by atoms with Crippen LogP contribution in [0.1, 0.15) is 30.6 Å². The van der Waals surface area contributed by atoms with Crippen molar-refractivity contribution in [3.05, 3.63) is 41.5 Å². The number of Topliss-reactive ketones (excluding diaryl/α,β-unsaturated/α-hetero) is 1. The molecule has 0 fully saturated rings. The first-order chi connectivity index (χ1) is 6.69. The first-order valence-electron chi connectivity index (χ1n) is 4.49. The van der Waals surface area contributed by atoms with Crippen molar-refractivity contribution < 1.29 is 9.18 Å². The first-order valence-corrected chi connectivity index (χ1v) is 4.49. The van der Waals surface area contributed by atoms with E-state index in [1.54, 1.807) is 13.0 Å². The van der Waals surface area contributed by atoms with Crippen molar-refractivity contribution in [2.75, 3.05) is 0 Å². The zero-order valence-corrected chi connectivity index (χ0v) is 8.25. The van der Waals surface area contributed by atoms with Gasteiger partial charge < -0.3 is 0 Å². The maximum atomic E-state index is 12.8. The Morgan fingerprint density at radius 2 is 2.29 bits per heavy atom. The van der Waals surface area contributed by atoms with Gasteiger partial charge in [0.15, 0.2) is 5.78 Å². The second kappa shape index (κ2) is 4.65. The second-order valence-corrected chi connectivity index (χ2v) is 2.89. The average Bonchev–Trinajstić information content (AvgIpc) is 2.19. The molecule has 0 bridgehead atoms. The van der Waals surface area contributed by atoms with Crippen LogP contribution in [0.25, 0.3) is 0 Å². The summed E-state index contributed by atoms with van der Waals surface area (Å²) < 4.78 is 12.8. The van der Waals surface area contributed by atoms with Gasteiger partial charge in [-0.15, -0.1) is 0 Å². The summed E-state index contributed by atoms with van der Waals surface area (Å²) in [6.45, 7) is 3.68. The minimum atomic E-state index is -0.484. The molecule has 3 heteroatoms. The van der Waals surface area contributed by atoms with Gasteiger partial charge in [-0.3, -0.25) is 9.78 Å². The van der Waals surface area contributed by atoms with E-state index in [9.17, 15) is 9.18 Å².